The van der Waals surface area contributed by atoms with E-state index in [2.05, 4.69) is 15.3 Å². The van der Waals surface area contributed by atoms with E-state index in [0.29, 0.717) is 29.7 Å². The van der Waals surface area contributed by atoms with Crippen molar-refractivity contribution in [3.8, 4) is 0 Å². The summed E-state index contributed by atoms with van der Waals surface area (Å²) >= 11 is 0. The molecule has 1 saturated heterocycles. The number of fused-ring (bicyclic) bond motifs is 1. The van der Waals surface area contributed by atoms with Crippen LogP contribution in [0.1, 0.15) is 12.0 Å². The van der Waals surface area contributed by atoms with E-state index in [4.69, 9.17) is 0 Å². The lowest BCUT2D eigenvalue weighted by Crippen LogP contribution is -2.33. The summed E-state index contributed by atoms with van der Waals surface area (Å²) in [5.41, 5.74) is 2.68. The Balaban J connectivity index is 1.59. The summed E-state index contributed by atoms with van der Waals surface area (Å²) in [7, 11) is 0. The van der Waals surface area contributed by atoms with Crippen molar-refractivity contribution in [3.05, 3.63) is 60.2 Å². The number of aromatic nitrogens is 2. The maximum absolute atomic E-state index is 13.6. The summed E-state index contributed by atoms with van der Waals surface area (Å²) < 4.78 is 13.6. The number of aryl methyl sites for hydroxylation is 1. The van der Waals surface area contributed by atoms with Gasteiger partial charge < -0.3 is 10.2 Å². The fourth-order valence-corrected chi connectivity index (χ4v) is 3.10. The van der Waals surface area contributed by atoms with Crippen LogP contribution in [-0.4, -0.2) is 28.5 Å². The lowest BCUT2D eigenvalue weighted by atomic mass is 10.2. The zero-order valence-corrected chi connectivity index (χ0v) is 13.7. The highest BCUT2D eigenvalue weighted by Crippen LogP contribution is 2.26. The lowest BCUT2D eigenvalue weighted by molar-refractivity contribution is -0.117. The molecule has 0 aliphatic carbocycles. The van der Waals surface area contributed by atoms with Crippen molar-refractivity contribution in [3.63, 3.8) is 0 Å². The molecule has 3 aromatic rings. The molecule has 1 amide bonds. The molecule has 0 spiro atoms. The van der Waals surface area contributed by atoms with Crippen LogP contribution in [0.3, 0.4) is 0 Å². The van der Waals surface area contributed by atoms with Gasteiger partial charge in [-0.2, -0.15) is 0 Å². The van der Waals surface area contributed by atoms with Crippen LogP contribution in [0.5, 0.6) is 0 Å². The van der Waals surface area contributed by atoms with Crippen molar-refractivity contribution in [2.75, 3.05) is 16.8 Å². The molecule has 126 valence electrons. The molecule has 1 N–H and O–H groups in total. The van der Waals surface area contributed by atoms with Crippen molar-refractivity contribution >= 4 is 28.3 Å². The Hall–Kier alpha value is -3.02. The predicted molar refractivity (Wildman–Crippen MR) is 95.1 cm³/mol. The van der Waals surface area contributed by atoms with E-state index < -0.39 is 0 Å². The Morgan fingerprint density at radius 2 is 1.96 bits per heavy atom. The van der Waals surface area contributed by atoms with Crippen LogP contribution >= 0.6 is 0 Å². The van der Waals surface area contributed by atoms with Gasteiger partial charge in [0.1, 0.15) is 24.0 Å². The summed E-state index contributed by atoms with van der Waals surface area (Å²) in [6, 6.07) is 11.8. The largest absolute Gasteiger partial charge is 0.358 e. The van der Waals surface area contributed by atoms with Crippen LogP contribution in [0.25, 0.3) is 10.9 Å². The number of rotatable bonds is 3. The molecule has 1 aliphatic heterocycles. The monoisotopic (exact) mass is 336 g/mol. The van der Waals surface area contributed by atoms with Gasteiger partial charge in [-0.05, 0) is 43.7 Å². The number of nitrogens with zero attached hydrogens (tertiary/aromatic N) is 3. The maximum atomic E-state index is 13.6. The molecule has 1 aliphatic rings. The molecule has 1 unspecified atom stereocenters. The minimum Gasteiger partial charge on any atom is -0.358 e. The zero-order valence-electron chi connectivity index (χ0n) is 13.7. The second kappa shape index (κ2) is 6.12. The van der Waals surface area contributed by atoms with E-state index in [9.17, 15) is 9.18 Å². The van der Waals surface area contributed by atoms with Crippen molar-refractivity contribution in [2.45, 2.75) is 19.4 Å². The van der Waals surface area contributed by atoms with Crippen LogP contribution in [0.15, 0.2) is 48.8 Å². The zero-order chi connectivity index (χ0) is 17.4. The van der Waals surface area contributed by atoms with Crippen molar-refractivity contribution in [1.82, 2.24) is 9.97 Å². The summed E-state index contributed by atoms with van der Waals surface area (Å²) in [5.74, 6) is 0.116. The van der Waals surface area contributed by atoms with Gasteiger partial charge >= 0.3 is 0 Å². The van der Waals surface area contributed by atoms with E-state index in [1.165, 1.54) is 18.5 Å². The van der Waals surface area contributed by atoms with Crippen LogP contribution in [0, 0.1) is 12.7 Å². The molecule has 1 aromatic heterocycles. The van der Waals surface area contributed by atoms with Gasteiger partial charge in [0, 0.05) is 17.6 Å². The van der Waals surface area contributed by atoms with Gasteiger partial charge in [0.05, 0.1) is 5.52 Å². The van der Waals surface area contributed by atoms with E-state index in [1.54, 1.807) is 11.0 Å². The van der Waals surface area contributed by atoms with Gasteiger partial charge in [-0.15, -0.1) is 0 Å². The minimum atomic E-state index is -0.386. The number of benzene rings is 2. The number of carbonyl (C=O) groups excluding carboxylic acids is 1. The smallest absolute Gasteiger partial charge is 0.249 e. The third-order valence-electron chi connectivity index (χ3n) is 4.46. The van der Waals surface area contributed by atoms with E-state index >= 15 is 0 Å². The standard InChI is InChI=1S/C19H17FN4O/c1-12-2-5-14(6-3-12)24-9-8-17(19(24)25)23-18-15-10-13(20)4-7-16(15)21-11-22-18/h2-7,10-11,17H,8-9H2,1H3,(H,21,22,23). The SMILES string of the molecule is Cc1ccc(N2CCC(Nc3ncnc4ccc(F)cc34)C2=O)cc1. The molecule has 0 bridgehead atoms. The highest BCUT2D eigenvalue weighted by Gasteiger charge is 2.33. The van der Waals surface area contributed by atoms with Gasteiger partial charge in [0.15, 0.2) is 0 Å². The van der Waals surface area contributed by atoms with Crippen molar-refractivity contribution < 1.29 is 9.18 Å². The first kappa shape index (κ1) is 15.5. The van der Waals surface area contributed by atoms with Crippen LogP contribution in [-0.2, 0) is 4.79 Å². The van der Waals surface area contributed by atoms with Crippen molar-refractivity contribution in [2.24, 2.45) is 0 Å². The first-order valence-corrected chi connectivity index (χ1v) is 8.17. The number of nitrogens with one attached hydrogen (secondary N) is 1. The van der Waals surface area contributed by atoms with E-state index in [1.807, 2.05) is 31.2 Å². The molecule has 5 nitrogen and oxygen atoms in total. The normalized spacial score (nSPS) is 17.3. The number of amides is 1. The summed E-state index contributed by atoms with van der Waals surface area (Å²) in [6.45, 7) is 2.65. The van der Waals surface area contributed by atoms with E-state index in [-0.39, 0.29) is 17.8 Å². The van der Waals surface area contributed by atoms with Crippen LogP contribution in [0.2, 0.25) is 0 Å². The minimum absolute atomic E-state index is 0.00739. The predicted octanol–water partition coefficient (Wildman–Crippen LogP) is 3.29. The fourth-order valence-electron chi connectivity index (χ4n) is 3.10. The van der Waals surface area contributed by atoms with Gasteiger partial charge in [0.25, 0.3) is 0 Å². The molecule has 6 heteroatoms. The molecular weight excluding hydrogens is 319 g/mol. The second-order valence-corrected chi connectivity index (χ2v) is 6.19. The van der Waals surface area contributed by atoms with Gasteiger partial charge in [0.2, 0.25) is 5.91 Å². The Bertz CT molecular complexity index is 942. The molecule has 1 atom stereocenters. The van der Waals surface area contributed by atoms with Crippen LogP contribution in [0.4, 0.5) is 15.9 Å². The number of hydrogen-bond donors (Lipinski definition) is 1. The summed E-state index contributed by atoms with van der Waals surface area (Å²) in [6.07, 6.45) is 2.08. The topological polar surface area (TPSA) is 58.1 Å². The fraction of sp³-hybridized carbons (Fsp3) is 0.211. The quantitative estimate of drug-likeness (QED) is 0.797. The summed E-state index contributed by atoms with van der Waals surface area (Å²) in [4.78, 5) is 22.8. The number of halogens is 1. The maximum Gasteiger partial charge on any atom is 0.249 e. The Labute approximate surface area is 144 Å². The van der Waals surface area contributed by atoms with Crippen LogP contribution < -0.4 is 10.2 Å². The number of anilines is 2. The molecule has 0 radical (unpaired) electrons. The Morgan fingerprint density at radius 1 is 1.16 bits per heavy atom. The molecule has 4 rings (SSSR count). The Morgan fingerprint density at radius 3 is 2.76 bits per heavy atom. The second-order valence-electron chi connectivity index (χ2n) is 6.19. The van der Waals surface area contributed by atoms with Gasteiger partial charge in [-0.3, -0.25) is 4.79 Å². The molecule has 2 heterocycles. The Kier molecular flexibility index (Phi) is 3.80. The third-order valence-corrected chi connectivity index (χ3v) is 4.46. The van der Waals surface area contributed by atoms with E-state index in [0.717, 1.165) is 11.3 Å². The van der Waals surface area contributed by atoms with Gasteiger partial charge in [-0.1, -0.05) is 17.7 Å². The summed E-state index contributed by atoms with van der Waals surface area (Å²) in [5, 5.41) is 3.74. The number of carbonyl (C=O) groups is 1. The first-order chi connectivity index (χ1) is 12.1. The molecular formula is C19H17FN4O. The molecule has 1 fully saturated rings. The lowest BCUT2D eigenvalue weighted by Gasteiger charge is -2.18. The average Bonchev–Trinajstić information content (AvgIpc) is 2.97. The molecule has 2 aromatic carbocycles. The highest BCUT2D eigenvalue weighted by atomic mass is 19.1. The molecule has 0 saturated carbocycles. The average molecular weight is 336 g/mol. The first-order valence-electron chi connectivity index (χ1n) is 8.17. The van der Waals surface area contributed by atoms with Crippen molar-refractivity contribution in [1.29, 1.82) is 0 Å². The third kappa shape index (κ3) is 2.91. The van der Waals surface area contributed by atoms with Gasteiger partial charge in [-0.25, -0.2) is 14.4 Å². The highest BCUT2D eigenvalue weighted by molar-refractivity contribution is 6.02. The molecule has 25 heavy (non-hydrogen) atoms. The number of hydrogen-bond acceptors (Lipinski definition) is 4.